The number of fused-ring (bicyclic) bond motifs is 1. The summed E-state index contributed by atoms with van der Waals surface area (Å²) in [7, 11) is 0. The Hall–Kier alpha value is -1.88. The zero-order valence-corrected chi connectivity index (χ0v) is 10.3. The number of aromatic nitrogens is 3. The van der Waals surface area contributed by atoms with E-state index < -0.39 is 0 Å². The molecule has 0 aliphatic carbocycles. The lowest BCUT2D eigenvalue weighted by molar-refractivity contribution is 1.00. The van der Waals surface area contributed by atoms with Gasteiger partial charge in [0.15, 0.2) is 0 Å². The van der Waals surface area contributed by atoms with Gasteiger partial charge in [-0.05, 0) is 18.2 Å². The third-order valence-electron chi connectivity index (χ3n) is 2.53. The van der Waals surface area contributed by atoms with E-state index in [1.165, 1.54) is 4.40 Å². The van der Waals surface area contributed by atoms with Gasteiger partial charge in [0, 0.05) is 22.4 Å². The summed E-state index contributed by atoms with van der Waals surface area (Å²) in [6.07, 6.45) is 3.33. The Morgan fingerprint density at radius 1 is 1.18 bits per heavy atom. The van der Waals surface area contributed by atoms with Crippen LogP contribution in [0.25, 0.3) is 16.9 Å². The lowest BCUT2D eigenvalue weighted by Gasteiger charge is -1.95. The van der Waals surface area contributed by atoms with E-state index in [-0.39, 0.29) is 5.69 Å². The van der Waals surface area contributed by atoms with Crippen LogP contribution in [0, 0.1) is 0 Å². The predicted octanol–water partition coefficient (Wildman–Crippen LogP) is 2.45. The van der Waals surface area contributed by atoms with Crippen LogP contribution in [-0.4, -0.2) is 14.4 Å². The molecule has 0 aliphatic rings. The summed E-state index contributed by atoms with van der Waals surface area (Å²) in [6, 6.07) is 9.58. The molecule has 0 aliphatic heterocycles. The lowest BCUT2D eigenvalue weighted by Crippen LogP contribution is -2.13. The third kappa shape index (κ3) is 1.78. The van der Waals surface area contributed by atoms with Crippen LogP contribution in [0.3, 0.4) is 0 Å². The zero-order valence-electron chi connectivity index (χ0n) is 8.72. The summed E-state index contributed by atoms with van der Waals surface area (Å²) in [5, 5.41) is 0. The molecule has 3 aromatic rings. The highest BCUT2D eigenvalue weighted by atomic mass is 79.9. The summed E-state index contributed by atoms with van der Waals surface area (Å²) in [5.74, 6) is 0. The van der Waals surface area contributed by atoms with Crippen LogP contribution < -0.4 is 5.69 Å². The fourth-order valence-corrected chi connectivity index (χ4v) is 1.96. The second-order valence-corrected chi connectivity index (χ2v) is 4.56. The van der Waals surface area contributed by atoms with E-state index in [4.69, 9.17) is 0 Å². The first-order chi connectivity index (χ1) is 8.24. The molecule has 84 valence electrons. The maximum atomic E-state index is 11.5. The molecule has 0 saturated heterocycles. The average Bonchev–Trinajstić information content (AvgIpc) is 2.75. The summed E-state index contributed by atoms with van der Waals surface area (Å²) >= 11 is 3.38. The number of rotatable bonds is 1. The van der Waals surface area contributed by atoms with Crippen LogP contribution in [0.5, 0.6) is 0 Å². The van der Waals surface area contributed by atoms with Crippen molar-refractivity contribution in [2.24, 2.45) is 0 Å². The van der Waals surface area contributed by atoms with Gasteiger partial charge in [-0.1, -0.05) is 28.1 Å². The first-order valence-electron chi connectivity index (χ1n) is 5.07. The average molecular weight is 290 g/mol. The second kappa shape index (κ2) is 3.85. The molecule has 0 radical (unpaired) electrons. The van der Waals surface area contributed by atoms with Crippen molar-refractivity contribution < 1.29 is 0 Å². The molecule has 1 N–H and O–H groups in total. The highest BCUT2D eigenvalue weighted by molar-refractivity contribution is 9.10. The molecule has 1 aromatic carbocycles. The number of H-pyrrole nitrogens is 1. The summed E-state index contributed by atoms with van der Waals surface area (Å²) in [6.45, 7) is 0. The molecule has 2 aromatic heterocycles. The molecular formula is C12H8BrN3O. The predicted molar refractivity (Wildman–Crippen MR) is 68.9 cm³/mol. The number of aromatic amines is 1. The molecule has 0 unspecified atom stereocenters. The molecule has 0 saturated carbocycles. The van der Waals surface area contributed by atoms with Crippen LogP contribution in [0.1, 0.15) is 0 Å². The van der Waals surface area contributed by atoms with Crippen LogP contribution in [-0.2, 0) is 0 Å². The fourth-order valence-electron chi connectivity index (χ4n) is 1.69. The standard InChI is InChI=1S/C12H8BrN3O/c13-9-3-1-8(2-4-9)10-7-16-11(15-10)5-6-14-12(16)17/h1-7H,(H,14,17). The van der Waals surface area contributed by atoms with Crippen molar-refractivity contribution in [1.82, 2.24) is 14.4 Å². The summed E-state index contributed by atoms with van der Waals surface area (Å²) in [4.78, 5) is 18.5. The highest BCUT2D eigenvalue weighted by Crippen LogP contribution is 2.20. The number of hydrogen-bond donors (Lipinski definition) is 1. The van der Waals surface area contributed by atoms with Crippen LogP contribution in [0.15, 0.2) is 52.0 Å². The molecule has 17 heavy (non-hydrogen) atoms. The van der Waals surface area contributed by atoms with E-state index in [0.29, 0.717) is 5.65 Å². The molecule has 2 heterocycles. The Morgan fingerprint density at radius 2 is 1.94 bits per heavy atom. The minimum absolute atomic E-state index is 0.182. The quantitative estimate of drug-likeness (QED) is 0.748. The first kappa shape index (κ1) is 10.3. The van der Waals surface area contributed by atoms with Crippen LogP contribution in [0.4, 0.5) is 0 Å². The van der Waals surface area contributed by atoms with Gasteiger partial charge in [0.05, 0.1) is 5.69 Å². The van der Waals surface area contributed by atoms with Crippen molar-refractivity contribution in [2.45, 2.75) is 0 Å². The Kier molecular flexibility index (Phi) is 2.33. The molecule has 0 fully saturated rings. The monoisotopic (exact) mass is 289 g/mol. The van der Waals surface area contributed by atoms with Crippen molar-refractivity contribution in [3.05, 3.63) is 57.7 Å². The van der Waals surface area contributed by atoms with Crippen molar-refractivity contribution in [1.29, 1.82) is 0 Å². The Morgan fingerprint density at radius 3 is 2.65 bits per heavy atom. The van der Waals surface area contributed by atoms with Gasteiger partial charge in [0.1, 0.15) is 5.65 Å². The SMILES string of the molecule is O=c1[nH]ccc2nc(-c3ccc(Br)cc3)cn12. The number of nitrogens with zero attached hydrogens (tertiary/aromatic N) is 2. The van der Waals surface area contributed by atoms with Gasteiger partial charge in [0.25, 0.3) is 0 Å². The van der Waals surface area contributed by atoms with E-state index in [9.17, 15) is 4.79 Å². The zero-order chi connectivity index (χ0) is 11.8. The Bertz CT molecular complexity index is 727. The van der Waals surface area contributed by atoms with Crippen LogP contribution in [0.2, 0.25) is 0 Å². The molecule has 3 rings (SSSR count). The van der Waals surface area contributed by atoms with Crippen molar-refractivity contribution in [3.63, 3.8) is 0 Å². The molecular weight excluding hydrogens is 282 g/mol. The number of nitrogens with one attached hydrogen (secondary N) is 1. The Balaban J connectivity index is 2.21. The number of halogens is 1. The largest absolute Gasteiger partial charge is 0.331 e. The first-order valence-corrected chi connectivity index (χ1v) is 5.86. The van der Waals surface area contributed by atoms with E-state index in [1.54, 1.807) is 18.5 Å². The van der Waals surface area contributed by atoms with Gasteiger partial charge >= 0.3 is 5.69 Å². The molecule has 0 amide bonds. The van der Waals surface area contributed by atoms with E-state index in [0.717, 1.165) is 15.7 Å². The van der Waals surface area contributed by atoms with Crippen molar-refractivity contribution in [3.8, 4) is 11.3 Å². The lowest BCUT2D eigenvalue weighted by atomic mass is 10.2. The maximum Gasteiger partial charge on any atom is 0.331 e. The molecule has 0 atom stereocenters. The van der Waals surface area contributed by atoms with Crippen molar-refractivity contribution in [2.75, 3.05) is 0 Å². The van der Waals surface area contributed by atoms with Gasteiger partial charge in [0.2, 0.25) is 0 Å². The Labute approximate surface area is 105 Å². The smallest absolute Gasteiger partial charge is 0.314 e. The topological polar surface area (TPSA) is 50.2 Å². The molecule has 5 heteroatoms. The van der Waals surface area contributed by atoms with E-state index in [2.05, 4.69) is 25.9 Å². The highest BCUT2D eigenvalue weighted by Gasteiger charge is 2.05. The fraction of sp³-hybridized carbons (Fsp3) is 0. The van der Waals surface area contributed by atoms with Crippen molar-refractivity contribution >= 4 is 21.6 Å². The maximum absolute atomic E-state index is 11.5. The van der Waals surface area contributed by atoms with Gasteiger partial charge < -0.3 is 4.98 Å². The summed E-state index contributed by atoms with van der Waals surface area (Å²) in [5.41, 5.74) is 2.23. The van der Waals surface area contributed by atoms with Gasteiger partial charge in [-0.2, -0.15) is 0 Å². The number of hydrogen-bond acceptors (Lipinski definition) is 2. The number of benzene rings is 1. The van der Waals surface area contributed by atoms with Gasteiger partial charge in [-0.15, -0.1) is 0 Å². The van der Waals surface area contributed by atoms with E-state index in [1.807, 2.05) is 24.3 Å². The van der Waals surface area contributed by atoms with Crippen LogP contribution >= 0.6 is 15.9 Å². The van der Waals surface area contributed by atoms with Gasteiger partial charge in [-0.25, -0.2) is 9.78 Å². The van der Waals surface area contributed by atoms with E-state index >= 15 is 0 Å². The molecule has 4 nitrogen and oxygen atoms in total. The summed E-state index contributed by atoms with van der Waals surface area (Å²) < 4.78 is 2.51. The minimum atomic E-state index is -0.182. The third-order valence-corrected chi connectivity index (χ3v) is 3.06. The minimum Gasteiger partial charge on any atom is -0.314 e. The normalized spacial score (nSPS) is 10.9. The second-order valence-electron chi connectivity index (χ2n) is 3.64. The molecule has 0 bridgehead atoms. The van der Waals surface area contributed by atoms with Gasteiger partial charge in [-0.3, -0.25) is 4.40 Å². The number of imidazole rings is 1. The molecule has 0 spiro atoms.